The Morgan fingerprint density at radius 3 is 3.06 bits per heavy atom. The van der Waals surface area contributed by atoms with Crippen LogP contribution in [0.5, 0.6) is 0 Å². The van der Waals surface area contributed by atoms with Crippen LogP contribution < -0.4 is 16.4 Å². The predicted octanol–water partition coefficient (Wildman–Crippen LogP) is 1.98. The minimum atomic E-state index is 0.0418. The maximum atomic E-state index is 11.2. The standard InChI is InChI=1S/C12H17N3O/c1-2-3-4-14-11-7-10-8(5-9(11)13)6-12(16)15-10/h5,7,14H,2-4,6,13H2,1H3,(H,15,16). The van der Waals surface area contributed by atoms with Crippen LogP contribution in [0.1, 0.15) is 25.3 Å². The monoisotopic (exact) mass is 219 g/mol. The number of nitrogen functional groups attached to an aromatic ring is 1. The van der Waals surface area contributed by atoms with Crippen LogP contribution in [0.2, 0.25) is 0 Å². The molecule has 0 unspecified atom stereocenters. The van der Waals surface area contributed by atoms with Crippen LogP contribution in [0.15, 0.2) is 12.1 Å². The molecule has 1 heterocycles. The van der Waals surface area contributed by atoms with E-state index < -0.39 is 0 Å². The average molecular weight is 219 g/mol. The zero-order chi connectivity index (χ0) is 11.5. The van der Waals surface area contributed by atoms with Crippen molar-refractivity contribution in [3.8, 4) is 0 Å². The second kappa shape index (κ2) is 4.43. The number of fused-ring (bicyclic) bond motifs is 1. The lowest BCUT2D eigenvalue weighted by molar-refractivity contribution is -0.115. The van der Waals surface area contributed by atoms with Gasteiger partial charge < -0.3 is 16.4 Å². The van der Waals surface area contributed by atoms with Gasteiger partial charge in [-0.3, -0.25) is 4.79 Å². The first-order valence-electron chi connectivity index (χ1n) is 5.67. The van der Waals surface area contributed by atoms with Crippen molar-refractivity contribution in [1.82, 2.24) is 0 Å². The van der Waals surface area contributed by atoms with Crippen molar-refractivity contribution < 1.29 is 4.79 Å². The van der Waals surface area contributed by atoms with Crippen molar-refractivity contribution in [3.63, 3.8) is 0 Å². The highest BCUT2D eigenvalue weighted by Gasteiger charge is 2.18. The number of hydrogen-bond acceptors (Lipinski definition) is 3. The van der Waals surface area contributed by atoms with E-state index in [-0.39, 0.29) is 5.91 Å². The fraction of sp³-hybridized carbons (Fsp3) is 0.417. The summed E-state index contributed by atoms with van der Waals surface area (Å²) in [6.07, 6.45) is 2.70. The summed E-state index contributed by atoms with van der Waals surface area (Å²) in [5, 5.41) is 6.10. The van der Waals surface area contributed by atoms with Gasteiger partial charge in [-0.05, 0) is 24.1 Å². The number of carbonyl (C=O) groups is 1. The van der Waals surface area contributed by atoms with Crippen LogP contribution in [0, 0.1) is 0 Å². The summed E-state index contributed by atoms with van der Waals surface area (Å²) in [6.45, 7) is 3.06. The average Bonchev–Trinajstić information content (AvgIpc) is 2.58. The van der Waals surface area contributed by atoms with Crippen LogP contribution in [-0.4, -0.2) is 12.5 Å². The van der Waals surface area contributed by atoms with E-state index in [1.165, 1.54) is 0 Å². The van der Waals surface area contributed by atoms with Gasteiger partial charge in [-0.1, -0.05) is 13.3 Å². The van der Waals surface area contributed by atoms with Crippen LogP contribution >= 0.6 is 0 Å². The molecular formula is C12H17N3O. The zero-order valence-electron chi connectivity index (χ0n) is 9.47. The van der Waals surface area contributed by atoms with Crippen LogP contribution in [0.3, 0.4) is 0 Å². The molecule has 0 saturated carbocycles. The summed E-state index contributed by atoms with van der Waals surface area (Å²) in [5.41, 5.74) is 9.42. The molecule has 1 aliphatic heterocycles. The summed E-state index contributed by atoms with van der Waals surface area (Å²) >= 11 is 0. The van der Waals surface area contributed by atoms with Gasteiger partial charge in [0.15, 0.2) is 0 Å². The first kappa shape index (κ1) is 10.8. The van der Waals surface area contributed by atoms with E-state index >= 15 is 0 Å². The molecule has 86 valence electrons. The Morgan fingerprint density at radius 2 is 2.31 bits per heavy atom. The highest BCUT2D eigenvalue weighted by molar-refractivity contribution is 6.00. The van der Waals surface area contributed by atoms with E-state index in [4.69, 9.17) is 5.73 Å². The van der Waals surface area contributed by atoms with Crippen LogP contribution in [0.4, 0.5) is 17.1 Å². The fourth-order valence-corrected chi connectivity index (χ4v) is 1.85. The molecule has 1 aromatic carbocycles. The summed E-state index contributed by atoms with van der Waals surface area (Å²) in [7, 11) is 0. The minimum absolute atomic E-state index is 0.0418. The predicted molar refractivity (Wildman–Crippen MR) is 66.6 cm³/mol. The quantitative estimate of drug-likeness (QED) is 0.536. The molecule has 1 aliphatic rings. The molecule has 4 N–H and O–H groups in total. The summed E-state index contributed by atoms with van der Waals surface area (Å²) in [4.78, 5) is 11.2. The SMILES string of the molecule is CCCCNc1cc2c(cc1N)CC(=O)N2. The van der Waals surface area contributed by atoms with Crippen molar-refractivity contribution in [2.45, 2.75) is 26.2 Å². The molecule has 0 atom stereocenters. The van der Waals surface area contributed by atoms with Gasteiger partial charge >= 0.3 is 0 Å². The van der Waals surface area contributed by atoms with Crippen LogP contribution in [-0.2, 0) is 11.2 Å². The smallest absolute Gasteiger partial charge is 0.228 e. The third kappa shape index (κ3) is 2.10. The molecular weight excluding hydrogens is 202 g/mol. The van der Waals surface area contributed by atoms with Crippen molar-refractivity contribution in [1.29, 1.82) is 0 Å². The molecule has 1 amide bonds. The number of nitrogens with one attached hydrogen (secondary N) is 2. The molecule has 0 fully saturated rings. The maximum Gasteiger partial charge on any atom is 0.228 e. The normalized spacial score (nSPS) is 13.4. The Balaban J connectivity index is 2.15. The van der Waals surface area contributed by atoms with Crippen molar-refractivity contribution in [3.05, 3.63) is 17.7 Å². The highest BCUT2D eigenvalue weighted by atomic mass is 16.1. The first-order valence-corrected chi connectivity index (χ1v) is 5.67. The number of hydrogen-bond donors (Lipinski definition) is 3. The topological polar surface area (TPSA) is 67.1 Å². The van der Waals surface area contributed by atoms with Gasteiger partial charge in [-0.2, -0.15) is 0 Å². The number of rotatable bonds is 4. The second-order valence-corrected chi connectivity index (χ2v) is 4.10. The third-order valence-electron chi connectivity index (χ3n) is 2.75. The number of nitrogens with two attached hydrogens (primary N) is 1. The summed E-state index contributed by atoms with van der Waals surface area (Å²) in [5.74, 6) is 0.0418. The van der Waals surface area contributed by atoms with E-state index in [1.807, 2.05) is 12.1 Å². The third-order valence-corrected chi connectivity index (χ3v) is 2.75. The largest absolute Gasteiger partial charge is 0.397 e. The highest BCUT2D eigenvalue weighted by Crippen LogP contribution is 2.31. The lowest BCUT2D eigenvalue weighted by Gasteiger charge is -2.10. The van der Waals surface area contributed by atoms with Gasteiger partial charge in [-0.15, -0.1) is 0 Å². The lowest BCUT2D eigenvalue weighted by Crippen LogP contribution is -2.05. The summed E-state index contributed by atoms with van der Waals surface area (Å²) in [6, 6.07) is 3.80. The van der Waals surface area contributed by atoms with Gasteiger partial charge in [0.2, 0.25) is 5.91 Å². The number of unbranched alkanes of at least 4 members (excludes halogenated alkanes) is 1. The molecule has 4 nitrogen and oxygen atoms in total. The summed E-state index contributed by atoms with van der Waals surface area (Å²) < 4.78 is 0. The zero-order valence-corrected chi connectivity index (χ0v) is 9.47. The number of anilines is 3. The Kier molecular flexibility index (Phi) is 2.99. The lowest BCUT2D eigenvalue weighted by atomic mass is 10.1. The Hall–Kier alpha value is -1.71. The molecule has 1 aromatic rings. The van der Waals surface area contributed by atoms with E-state index in [0.29, 0.717) is 12.1 Å². The Labute approximate surface area is 95.2 Å². The molecule has 0 spiro atoms. The molecule has 0 saturated heterocycles. The number of carbonyl (C=O) groups excluding carboxylic acids is 1. The Morgan fingerprint density at radius 1 is 1.50 bits per heavy atom. The molecule has 2 rings (SSSR count). The molecule has 0 bridgehead atoms. The molecule has 0 aliphatic carbocycles. The van der Waals surface area contributed by atoms with Gasteiger partial charge in [0.1, 0.15) is 0 Å². The van der Waals surface area contributed by atoms with Gasteiger partial charge in [0.05, 0.1) is 17.8 Å². The van der Waals surface area contributed by atoms with E-state index in [9.17, 15) is 4.79 Å². The minimum Gasteiger partial charge on any atom is -0.397 e. The maximum absolute atomic E-state index is 11.2. The molecule has 0 aromatic heterocycles. The van der Waals surface area contributed by atoms with E-state index in [0.717, 1.165) is 36.3 Å². The second-order valence-electron chi connectivity index (χ2n) is 4.10. The molecule has 16 heavy (non-hydrogen) atoms. The van der Waals surface area contributed by atoms with Gasteiger partial charge in [-0.25, -0.2) is 0 Å². The van der Waals surface area contributed by atoms with E-state index in [1.54, 1.807) is 0 Å². The van der Waals surface area contributed by atoms with E-state index in [2.05, 4.69) is 17.6 Å². The molecule has 4 heteroatoms. The van der Waals surface area contributed by atoms with Gasteiger partial charge in [0.25, 0.3) is 0 Å². The van der Waals surface area contributed by atoms with Gasteiger partial charge in [0, 0.05) is 12.2 Å². The van der Waals surface area contributed by atoms with Crippen LogP contribution in [0.25, 0.3) is 0 Å². The Bertz CT molecular complexity index is 415. The first-order chi connectivity index (χ1) is 7.70. The van der Waals surface area contributed by atoms with Crippen molar-refractivity contribution >= 4 is 23.0 Å². The fourth-order valence-electron chi connectivity index (χ4n) is 1.85. The van der Waals surface area contributed by atoms with Crippen molar-refractivity contribution in [2.75, 3.05) is 22.9 Å². The van der Waals surface area contributed by atoms with Crippen molar-refractivity contribution in [2.24, 2.45) is 0 Å². The number of benzene rings is 1. The number of amides is 1. The molecule has 0 radical (unpaired) electrons.